The first-order valence-electron chi connectivity index (χ1n) is 14.9. The predicted molar refractivity (Wildman–Crippen MR) is 173 cm³/mol. The standard InChI is InChI=1S/C33H41N7O5/c1-21-35-25-11-10-24(22-13-14-34-28(19-22)37-30(41)44-32(2,3)4)36-29(25)40(21)23-9-12-26(27(20-23)43-8)38-15-17-39(18-16-38)31(42)45-33(5,6)7/h9-14,19-20H,15-18H2,1-8H3,(H,34,37,41). The van der Waals surface area contributed by atoms with Crippen molar-refractivity contribution in [2.24, 2.45) is 0 Å². The number of aryl methyl sites for hydroxylation is 1. The van der Waals surface area contributed by atoms with E-state index in [0.717, 1.165) is 28.3 Å². The molecule has 0 aliphatic carbocycles. The second-order valence-corrected chi connectivity index (χ2v) is 12.9. The molecule has 238 valence electrons. The van der Waals surface area contributed by atoms with Crippen LogP contribution in [0.2, 0.25) is 0 Å². The van der Waals surface area contributed by atoms with Crippen LogP contribution in [0, 0.1) is 6.92 Å². The van der Waals surface area contributed by atoms with E-state index in [1.165, 1.54) is 0 Å². The van der Waals surface area contributed by atoms with Crippen molar-refractivity contribution in [3.8, 4) is 22.7 Å². The van der Waals surface area contributed by atoms with Gasteiger partial charge in [0, 0.05) is 44.0 Å². The van der Waals surface area contributed by atoms with E-state index in [0.29, 0.717) is 49.1 Å². The number of carbonyl (C=O) groups is 2. The first-order valence-corrected chi connectivity index (χ1v) is 14.9. The molecule has 1 saturated heterocycles. The molecule has 45 heavy (non-hydrogen) atoms. The van der Waals surface area contributed by atoms with Gasteiger partial charge in [-0.1, -0.05) is 0 Å². The quantitative estimate of drug-likeness (QED) is 0.279. The summed E-state index contributed by atoms with van der Waals surface area (Å²) < 4.78 is 18.7. The first-order chi connectivity index (χ1) is 21.2. The summed E-state index contributed by atoms with van der Waals surface area (Å²) in [6.45, 7) is 15.4. The first kappa shape index (κ1) is 31.6. The number of hydrogen-bond acceptors (Lipinski definition) is 9. The lowest BCUT2D eigenvalue weighted by atomic mass is 10.1. The van der Waals surface area contributed by atoms with E-state index in [4.69, 9.17) is 24.2 Å². The van der Waals surface area contributed by atoms with E-state index in [2.05, 4.69) is 15.2 Å². The number of nitrogens with one attached hydrogen (secondary N) is 1. The Kier molecular flexibility index (Phi) is 8.59. The molecule has 1 aliphatic heterocycles. The molecule has 0 unspecified atom stereocenters. The zero-order valence-corrected chi connectivity index (χ0v) is 27.2. The zero-order valence-electron chi connectivity index (χ0n) is 27.2. The van der Waals surface area contributed by atoms with E-state index < -0.39 is 17.3 Å². The largest absolute Gasteiger partial charge is 0.495 e. The molecule has 0 saturated carbocycles. The fourth-order valence-corrected chi connectivity index (χ4v) is 5.13. The van der Waals surface area contributed by atoms with Crippen LogP contribution in [0.1, 0.15) is 47.4 Å². The van der Waals surface area contributed by atoms with E-state index >= 15 is 0 Å². The molecule has 1 aromatic carbocycles. The number of ether oxygens (including phenoxy) is 3. The number of fused-ring (bicyclic) bond motifs is 1. The van der Waals surface area contributed by atoms with Crippen LogP contribution in [0.5, 0.6) is 5.75 Å². The number of amides is 2. The van der Waals surface area contributed by atoms with Crippen LogP contribution in [-0.4, -0.2) is 81.1 Å². The number of hydrogen-bond donors (Lipinski definition) is 1. The SMILES string of the molecule is COc1cc(-n2c(C)nc3ccc(-c4ccnc(NC(=O)OC(C)(C)C)c4)nc32)ccc1N1CCN(C(=O)OC(C)(C)C)CC1. The molecule has 1 aliphatic rings. The maximum absolute atomic E-state index is 12.5. The molecule has 1 N–H and O–H groups in total. The molecule has 0 radical (unpaired) electrons. The summed E-state index contributed by atoms with van der Waals surface area (Å²) in [4.78, 5) is 42.7. The summed E-state index contributed by atoms with van der Waals surface area (Å²) >= 11 is 0. The molecular formula is C33H41N7O5. The van der Waals surface area contributed by atoms with Crippen molar-refractivity contribution in [3.05, 3.63) is 54.5 Å². The van der Waals surface area contributed by atoms with E-state index in [-0.39, 0.29) is 6.09 Å². The second-order valence-electron chi connectivity index (χ2n) is 12.9. The van der Waals surface area contributed by atoms with Crippen molar-refractivity contribution >= 4 is 34.9 Å². The molecule has 0 spiro atoms. The Bertz CT molecular complexity index is 1710. The summed E-state index contributed by atoms with van der Waals surface area (Å²) in [5, 5.41) is 2.69. The number of piperazine rings is 1. The smallest absolute Gasteiger partial charge is 0.413 e. The van der Waals surface area contributed by atoms with Gasteiger partial charge >= 0.3 is 12.2 Å². The van der Waals surface area contributed by atoms with Gasteiger partial charge in [-0.25, -0.2) is 24.5 Å². The number of rotatable bonds is 5. The highest BCUT2D eigenvalue weighted by Gasteiger charge is 2.27. The highest BCUT2D eigenvalue weighted by atomic mass is 16.6. The Morgan fingerprint density at radius 2 is 1.58 bits per heavy atom. The molecule has 12 heteroatoms. The monoisotopic (exact) mass is 615 g/mol. The molecule has 5 rings (SSSR count). The van der Waals surface area contributed by atoms with Gasteiger partial charge in [0.15, 0.2) is 5.65 Å². The van der Waals surface area contributed by atoms with E-state index in [1.807, 2.05) is 68.7 Å². The van der Waals surface area contributed by atoms with Gasteiger partial charge in [0.2, 0.25) is 0 Å². The second kappa shape index (κ2) is 12.3. The van der Waals surface area contributed by atoms with Crippen LogP contribution < -0.4 is 15.0 Å². The molecule has 1 fully saturated rings. The zero-order chi connectivity index (χ0) is 32.5. The van der Waals surface area contributed by atoms with Crippen molar-refractivity contribution in [3.63, 3.8) is 0 Å². The highest BCUT2D eigenvalue weighted by molar-refractivity contribution is 5.85. The Balaban J connectivity index is 1.39. The molecule has 0 bridgehead atoms. The summed E-state index contributed by atoms with van der Waals surface area (Å²) in [6, 6.07) is 13.5. The van der Waals surface area contributed by atoms with Gasteiger partial charge in [0.1, 0.15) is 34.1 Å². The van der Waals surface area contributed by atoms with Gasteiger partial charge in [-0.3, -0.25) is 9.88 Å². The lowest BCUT2D eigenvalue weighted by Gasteiger charge is -2.37. The summed E-state index contributed by atoms with van der Waals surface area (Å²) in [5.74, 6) is 1.85. The maximum Gasteiger partial charge on any atom is 0.413 e. The minimum absolute atomic E-state index is 0.291. The number of pyridine rings is 2. The van der Waals surface area contributed by atoms with Crippen LogP contribution in [0.25, 0.3) is 28.1 Å². The number of benzene rings is 1. The third kappa shape index (κ3) is 7.44. The van der Waals surface area contributed by atoms with Gasteiger partial charge in [0.05, 0.1) is 24.2 Å². The van der Waals surface area contributed by atoms with Gasteiger partial charge in [0.25, 0.3) is 0 Å². The van der Waals surface area contributed by atoms with E-state index in [9.17, 15) is 9.59 Å². The van der Waals surface area contributed by atoms with Crippen LogP contribution in [0.4, 0.5) is 21.1 Å². The number of imidazole rings is 1. The van der Waals surface area contributed by atoms with Crippen molar-refractivity contribution in [2.45, 2.75) is 59.7 Å². The Morgan fingerprint density at radius 3 is 2.24 bits per heavy atom. The van der Waals surface area contributed by atoms with Gasteiger partial charge in [-0.2, -0.15) is 0 Å². The lowest BCUT2D eigenvalue weighted by molar-refractivity contribution is 0.0240. The van der Waals surface area contributed by atoms with Crippen molar-refractivity contribution in [2.75, 3.05) is 43.5 Å². The van der Waals surface area contributed by atoms with Crippen molar-refractivity contribution in [1.82, 2.24) is 24.4 Å². The summed E-state index contributed by atoms with van der Waals surface area (Å²) in [6.07, 6.45) is 0.751. The fourth-order valence-electron chi connectivity index (χ4n) is 5.13. The predicted octanol–water partition coefficient (Wildman–Crippen LogP) is 6.20. The van der Waals surface area contributed by atoms with Crippen molar-refractivity contribution < 1.29 is 23.8 Å². The van der Waals surface area contributed by atoms with Crippen LogP contribution >= 0.6 is 0 Å². The Morgan fingerprint density at radius 1 is 0.867 bits per heavy atom. The Labute approximate surface area is 263 Å². The summed E-state index contributed by atoms with van der Waals surface area (Å²) in [7, 11) is 1.65. The average molecular weight is 616 g/mol. The normalized spacial score (nSPS) is 14.0. The number of nitrogens with zero attached hydrogens (tertiary/aromatic N) is 6. The number of carbonyl (C=O) groups excluding carboxylic acids is 2. The fraction of sp³-hybridized carbons (Fsp3) is 0.424. The molecule has 4 heterocycles. The molecule has 4 aromatic rings. The van der Waals surface area contributed by atoms with Crippen LogP contribution in [0.3, 0.4) is 0 Å². The molecule has 2 amide bonds. The third-order valence-corrected chi connectivity index (χ3v) is 7.05. The maximum atomic E-state index is 12.5. The van der Waals surface area contributed by atoms with Gasteiger partial charge in [-0.05, 0) is 84.9 Å². The number of methoxy groups -OCH3 is 1. The van der Waals surface area contributed by atoms with E-state index in [1.54, 1.807) is 45.0 Å². The highest BCUT2D eigenvalue weighted by Crippen LogP contribution is 2.33. The number of aromatic nitrogens is 4. The lowest BCUT2D eigenvalue weighted by Crippen LogP contribution is -2.50. The van der Waals surface area contributed by atoms with Crippen molar-refractivity contribution in [1.29, 1.82) is 0 Å². The minimum atomic E-state index is -0.623. The molecule has 12 nitrogen and oxygen atoms in total. The minimum Gasteiger partial charge on any atom is -0.495 e. The van der Waals surface area contributed by atoms with Crippen LogP contribution in [-0.2, 0) is 9.47 Å². The average Bonchev–Trinajstić information content (AvgIpc) is 3.30. The molecule has 0 atom stereocenters. The summed E-state index contributed by atoms with van der Waals surface area (Å²) in [5.41, 5.74) is 3.56. The number of anilines is 2. The van der Waals surface area contributed by atoms with Crippen LogP contribution in [0.15, 0.2) is 48.7 Å². The third-order valence-electron chi connectivity index (χ3n) is 7.05. The molecule has 3 aromatic heterocycles. The van der Waals surface area contributed by atoms with Gasteiger partial charge < -0.3 is 24.0 Å². The topological polar surface area (TPSA) is 124 Å². The van der Waals surface area contributed by atoms with Gasteiger partial charge in [-0.15, -0.1) is 0 Å². The Hall–Kier alpha value is -4.87. The molecular weight excluding hydrogens is 574 g/mol.